The minimum absolute atomic E-state index is 0.00336. The van der Waals surface area contributed by atoms with Crippen LogP contribution < -0.4 is 5.11 Å². The Morgan fingerprint density at radius 1 is 1.10 bits per heavy atom. The molecule has 0 aromatic heterocycles. The summed E-state index contributed by atoms with van der Waals surface area (Å²) < 4.78 is 5.24. The number of carbonyl (C=O) groups is 3. The molecule has 7 heteroatoms. The Hall–Kier alpha value is -2.51. The number of aliphatic carboxylic acids is 1. The Morgan fingerprint density at radius 2 is 1.76 bits per heavy atom. The van der Waals surface area contributed by atoms with Gasteiger partial charge in [-0.1, -0.05) is 43.2 Å². The lowest BCUT2D eigenvalue weighted by Crippen LogP contribution is -2.29. The van der Waals surface area contributed by atoms with Gasteiger partial charge < -0.3 is 24.9 Å². The van der Waals surface area contributed by atoms with Crippen molar-refractivity contribution in [2.45, 2.75) is 70.2 Å². The second-order valence-corrected chi connectivity index (χ2v) is 7.25. The number of allylic oxidation sites excluding steroid dienone is 1. The van der Waals surface area contributed by atoms with Crippen LogP contribution in [0.4, 0.5) is 0 Å². The molecule has 0 saturated heterocycles. The van der Waals surface area contributed by atoms with Crippen LogP contribution in [0.25, 0.3) is 0 Å². The molecular formula is C22H27O7-. The third-order valence-corrected chi connectivity index (χ3v) is 5.03. The van der Waals surface area contributed by atoms with Crippen LogP contribution in [0, 0.1) is 0 Å². The summed E-state index contributed by atoms with van der Waals surface area (Å²) in [6.07, 6.45) is -0.657. The molecule has 3 unspecified atom stereocenters. The first-order chi connectivity index (χ1) is 13.8. The van der Waals surface area contributed by atoms with Crippen molar-refractivity contribution in [3.05, 3.63) is 47.0 Å². The number of aliphatic hydroxyl groups excluding tert-OH is 2. The van der Waals surface area contributed by atoms with E-state index in [9.17, 15) is 29.7 Å². The fourth-order valence-electron chi connectivity index (χ4n) is 3.64. The summed E-state index contributed by atoms with van der Waals surface area (Å²) in [5.41, 5.74) is 1.14. The molecule has 0 bridgehead atoms. The van der Waals surface area contributed by atoms with Crippen molar-refractivity contribution in [3.8, 4) is 0 Å². The Balaban J connectivity index is 2.15. The van der Waals surface area contributed by atoms with Crippen molar-refractivity contribution >= 4 is 17.7 Å². The van der Waals surface area contributed by atoms with Gasteiger partial charge in [-0.15, -0.1) is 0 Å². The van der Waals surface area contributed by atoms with E-state index in [1.54, 1.807) is 30.3 Å². The summed E-state index contributed by atoms with van der Waals surface area (Å²) in [6.45, 7) is 1.23. The maximum Gasteiger partial charge on any atom is 0.303 e. The van der Waals surface area contributed by atoms with Gasteiger partial charge in [0, 0.05) is 24.0 Å². The summed E-state index contributed by atoms with van der Waals surface area (Å²) >= 11 is 0. The quantitative estimate of drug-likeness (QED) is 0.422. The lowest BCUT2D eigenvalue weighted by Gasteiger charge is -2.24. The maximum atomic E-state index is 12.5. The SMILES string of the molecule is CC(=O)OC1CC(=O)C(CCCCCCC(=O)[O-])=C1C(O)C(O)c1ccccc1. The number of ketones is 1. The molecule has 1 aromatic rings. The Bertz CT molecular complexity index is 754. The first kappa shape index (κ1) is 22.8. The maximum absolute atomic E-state index is 12.5. The summed E-state index contributed by atoms with van der Waals surface area (Å²) in [5, 5.41) is 31.9. The van der Waals surface area contributed by atoms with Crippen molar-refractivity contribution in [1.29, 1.82) is 0 Å². The molecule has 7 nitrogen and oxygen atoms in total. The molecule has 1 aliphatic carbocycles. The van der Waals surface area contributed by atoms with Crippen molar-refractivity contribution < 1.29 is 34.4 Å². The van der Waals surface area contributed by atoms with Gasteiger partial charge >= 0.3 is 5.97 Å². The van der Waals surface area contributed by atoms with E-state index in [4.69, 9.17) is 4.74 Å². The van der Waals surface area contributed by atoms with E-state index >= 15 is 0 Å². The fourth-order valence-corrected chi connectivity index (χ4v) is 3.64. The number of aliphatic hydroxyl groups is 2. The number of unbranched alkanes of at least 4 members (excludes halogenated alkanes) is 3. The first-order valence-electron chi connectivity index (χ1n) is 9.85. The van der Waals surface area contributed by atoms with Gasteiger partial charge in [-0.25, -0.2) is 0 Å². The molecular weight excluding hydrogens is 376 g/mol. The lowest BCUT2D eigenvalue weighted by molar-refractivity contribution is -0.305. The van der Waals surface area contributed by atoms with Crippen molar-refractivity contribution in [3.63, 3.8) is 0 Å². The van der Waals surface area contributed by atoms with Crippen molar-refractivity contribution in [2.24, 2.45) is 0 Å². The number of esters is 1. The van der Waals surface area contributed by atoms with Gasteiger partial charge in [0.1, 0.15) is 18.3 Å². The zero-order chi connectivity index (χ0) is 21.4. The summed E-state index contributed by atoms with van der Waals surface area (Å²) in [4.78, 5) is 34.4. The van der Waals surface area contributed by atoms with Gasteiger partial charge in [0.05, 0.1) is 6.42 Å². The van der Waals surface area contributed by atoms with E-state index < -0.39 is 30.3 Å². The van der Waals surface area contributed by atoms with Crippen molar-refractivity contribution in [2.75, 3.05) is 0 Å². The monoisotopic (exact) mass is 403 g/mol. The summed E-state index contributed by atoms with van der Waals surface area (Å²) in [7, 11) is 0. The highest BCUT2D eigenvalue weighted by atomic mass is 16.5. The molecule has 2 rings (SSSR count). The zero-order valence-corrected chi connectivity index (χ0v) is 16.5. The Kier molecular flexibility index (Phi) is 8.54. The normalized spacial score (nSPS) is 18.6. The molecule has 158 valence electrons. The molecule has 0 heterocycles. The minimum atomic E-state index is -1.37. The number of carboxylic acids is 1. The van der Waals surface area contributed by atoms with Crippen LogP contribution in [0.5, 0.6) is 0 Å². The van der Waals surface area contributed by atoms with Gasteiger partial charge in [0.25, 0.3) is 0 Å². The van der Waals surface area contributed by atoms with Gasteiger partial charge in [-0.3, -0.25) is 9.59 Å². The van der Waals surface area contributed by atoms with Gasteiger partial charge in [-0.2, -0.15) is 0 Å². The number of hydrogen-bond acceptors (Lipinski definition) is 7. The molecule has 3 atom stereocenters. The molecule has 0 fully saturated rings. The number of Topliss-reactive ketones (excluding diaryl/α,β-unsaturated/α-hetero) is 1. The van der Waals surface area contributed by atoms with Crippen LogP contribution in [0.1, 0.15) is 63.5 Å². The zero-order valence-electron chi connectivity index (χ0n) is 16.5. The Labute approximate surface area is 170 Å². The van der Waals surface area contributed by atoms with E-state index in [1.165, 1.54) is 6.92 Å². The topological polar surface area (TPSA) is 124 Å². The molecule has 1 aliphatic rings. The second-order valence-electron chi connectivity index (χ2n) is 7.25. The number of benzene rings is 1. The number of carbonyl (C=O) groups excluding carboxylic acids is 3. The van der Waals surface area contributed by atoms with Gasteiger partial charge in [0.15, 0.2) is 5.78 Å². The van der Waals surface area contributed by atoms with E-state index in [0.717, 1.165) is 0 Å². The third-order valence-electron chi connectivity index (χ3n) is 5.03. The largest absolute Gasteiger partial charge is 0.550 e. The average Bonchev–Trinajstić information content (AvgIpc) is 2.98. The highest BCUT2D eigenvalue weighted by Crippen LogP contribution is 2.36. The summed E-state index contributed by atoms with van der Waals surface area (Å²) in [6, 6.07) is 8.59. The minimum Gasteiger partial charge on any atom is -0.550 e. The number of carboxylic acid groups (broad SMARTS) is 1. The second kappa shape index (κ2) is 10.9. The van der Waals surface area contributed by atoms with Crippen LogP contribution in [-0.2, 0) is 19.1 Å². The molecule has 0 saturated carbocycles. The highest BCUT2D eigenvalue weighted by molar-refractivity contribution is 6.00. The predicted molar refractivity (Wildman–Crippen MR) is 102 cm³/mol. The third kappa shape index (κ3) is 6.51. The van der Waals surface area contributed by atoms with Crippen LogP contribution in [0.3, 0.4) is 0 Å². The number of ether oxygens (including phenoxy) is 1. The van der Waals surface area contributed by atoms with Crippen LogP contribution in [0.15, 0.2) is 41.5 Å². The molecule has 0 radical (unpaired) electrons. The molecule has 0 spiro atoms. The predicted octanol–water partition coefficient (Wildman–Crippen LogP) is 1.37. The lowest BCUT2D eigenvalue weighted by atomic mass is 9.92. The van der Waals surface area contributed by atoms with Gasteiger partial charge in [0.2, 0.25) is 0 Å². The van der Waals surface area contributed by atoms with Gasteiger partial charge in [-0.05, 0) is 31.2 Å². The highest BCUT2D eigenvalue weighted by Gasteiger charge is 2.40. The Morgan fingerprint density at radius 3 is 2.38 bits per heavy atom. The summed E-state index contributed by atoms with van der Waals surface area (Å²) in [5.74, 6) is -1.85. The molecule has 1 aromatic carbocycles. The fraction of sp³-hybridized carbons (Fsp3) is 0.500. The van der Waals surface area contributed by atoms with Crippen LogP contribution >= 0.6 is 0 Å². The molecule has 0 aliphatic heterocycles. The van der Waals surface area contributed by atoms with E-state index in [1.807, 2.05) is 0 Å². The number of rotatable bonds is 11. The number of hydrogen-bond donors (Lipinski definition) is 2. The standard InChI is InChI=1S/C22H28O7/c1-14(23)29-18-13-17(24)16(11-7-2-3-8-12-19(25)26)20(18)22(28)21(27)15-9-5-4-6-10-15/h4-6,9-10,18,21-22,27-28H,2-3,7-8,11-13H2,1H3,(H,25,26)/p-1. The van der Waals surface area contributed by atoms with Crippen LogP contribution in [-0.4, -0.2) is 40.1 Å². The molecule has 0 amide bonds. The van der Waals surface area contributed by atoms with E-state index in [0.29, 0.717) is 43.2 Å². The first-order valence-corrected chi connectivity index (χ1v) is 9.85. The molecule has 29 heavy (non-hydrogen) atoms. The average molecular weight is 403 g/mol. The van der Waals surface area contributed by atoms with Crippen molar-refractivity contribution in [1.82, 2.24) is 0 Å². The smallest absolute Gasteiger partial charge is 0.303 e. The van der Waals surface area contributed by atoms with Crippen LogP contribution in [0.2, 0.25) is 0 Å². The molecule has 2 N–H and O–H groups in total. The van der Waals surface area contributed by atoms with E-state index in [-0.39, 0.29) is 24.2 Å². The van der Waals surface area contributed by atoms with E-state index in [2.05, 4.69) is 0 Å².